The van der Waals surface area contributed by atoms with Crippen LogP contribution in [0.5, 0.6) is 5.75 Å². The monoisotopic (exact) mass is 472 g/mol. The number of aryl methyl sites for hydroxylation is 2. The molecular weight excluding hydrogens is 444 g/mol. The van der Waals surface area contributed by atoms with Crippen LogP contribution in [0.15, 0.2) is 71.3 Å². The van der Waals surface area contributed by atoms with Crippen molar-refractivity contribution >= 4 is 22.6 Å². The summed E-state index contributed by atoms with van der Waals surface area (Å²) in [6.07, 6.45) is 2.03. The van der Waals surface area contributed by atoms with E-state index in [-0.39, 0.29) is 18.9 Å². The third-order valence-electron chi connectivity index (χ3n) is 5.75. The number of likely N-dealkylation sites (N-methyl/N-ethyl adjacent to an activating group) is 1. The maximum Gasteiger partial charge on any atom is 0.306 e. The van der Waals surface area contributed by atoms with Crippen LogP contribution in [0.3, 0.4) is 0 Å². The summed E-state index contributed by atoms with van der Waals surface area (Å²) >= 11 is 0. The highest BCUT2D eigenvalue weighted by molar-refractivity contribution is 5.85. The molecule has 7 nitrogen and oxygen atoms in total. The summed E-state index contributed by atoms with van der Waals surface area (Å²) in [7, 11) is 3.33. The van der Waals surface area contributed by atoms with Gasteiger partial charge in [0.1, 0.15) is 5.75 Å². The highest BCUT2D eigenvalue weighted by atomic mass is 16.5. The molecular formula is C28H28N2O5. The normalized spacial score (nSPS) is 10.8. The van der Waals surface area contributed by atoms with Gasteiger partial charge >= 0.3 is 5.97 Å². The van der Waals surface area contributed by atoms with Gasteiger partial charge in [-0.25, -0.2) is 4.98 Å². The Morgan fingerprint density at radius 3 is 2.51 bits per heavy atom. The number of aromatic nitrogens is 1. The van der Waals surface area contributed by atoms with Crippen molar-refractivity contribution in [3.63, 3.8) is 0 Å². The molecule has 1 heterocycles. The van der Waals surface area contributed by atoms with E-state index in [0.717, 1.165) is 33.2 Å². The fourth-order valence-corrected chi connectivity index (χ4v) is 3.67. The van der Waals surface area contributed by atoms with E-state index in [1.165, 1.54) is 0 Å². The van der Waals surface area contributed by atoms with Crippen molar-refractivity contribution in [3.8, 4) is 17.1 Å². The minimum Gasteiger partial charge on any atom is -0.497 e. The molecule has 0 N–H and O–H groups in total. The van der Waals surface area contributed by atoms with E-state index in [9.17, 15) is 9.59 Å². The first-order valence-corrected chi connectivity index (χ1v) is 11.4. The van der Waals surface area contributed by atoms with Crippen molar-refractivity contribution in [1.29, 1.82) is 0 Å². The van der Waals surface area contributed by atoms with E-state index >= 15 is 0 Å². The first-order chi connectivity index (χ1) is 16.9. The Hall–Kier alpha value is -4.13. The van der Waals surface area contributed by atoms with E-state index in [2.05, 4.69) is 4.98 Å². The van der Waals surface area contributed by atoms with Gasteiger partial charge in [0.05, 0.1) is 19.7 Å². The summed E-state index contributed by atoms with van der Waals surface area (Å²) in [6.45, 7) is 2.13. The Labute approximate surface area is 204 Å². The first-order valence-electron chi connectivity index (χ1n) is 11.4. The number of esters is 1. The summed E-state index contributed by atoms with van der Waals surface area (Å²) < 4.78 is 16.2. The molecule has 0 saturated heterocycles. The molecule has 4 aromatic rings. The van der Waals surface area contributed by atoms with Crippen LogP contribution >= 0.6 is 0 Å². The molecule has 7 heteroatoms. The lowest BCUT2D eigenvalue weighted by atomic mass is 10.1. The molecule has 0 aliphatic rings. The quantitative estimate of drug-likeness (QED) is 0.321. The summed E-state index contributed by atoms with van der Waals surface area (Å²) in [4.78, 5) is 30.4. The van der Waals surface area contributed by atoms with Gasteiger partial charge < -0.3 is 18.8 Å². The number of ether oxygens (including phenoxy) is 2. The number of nitrogens with zero attached hydrogens (tertiary/aromatic N) is 2. The second-order valence-corrected chi connectivity index (χ2v) is 8.44. The number of fused-ring (bicyclic) bond motifs is 1. The summed E-state index contributed by atoms with van der Waals surface area (Å²) in [5.41, 5.74) is 3.07. The fraction of sp³-hybridized carbons (Fsp3) is 0.250. The number of carbonyl (C=O) groups excluding carboxylic acids is 2. The zero-order valence-corrected chi connectivity index (χ0v) is 20.1. The largest absolute Gasteiger partial charge is 0.497 e. The van der Waals surface area contributed by atoms with E-state index < -0.39 is 5.97 Å². The smallest absolute Gasteiger partial charge is 0.306 e. The van der Waals surface area contributed by atoms with Crippen molar-refractivity contribution in [2.24, 2.45) is 0 Å². The van der Waals surface area contributed by atoms with E-state index in [4.69, 9.17) is 13.9 Å². The number of methoxy groups -OCH3 is 1. The van der Waals surface area contributed by atoms with E-state index in [1.54, 1.807) is 25.3 Å². The maximum atomic E-state index is 12.5. The van der Waals surface area contributed by atoms with Crippen molar-refractivity contribution in [3.05, 3.63) is 83.9 Å². The standard InChI is InChI=1S/C28H28N2O5/c1-19-4-7-21(8-5-19)25-16-29-26(35-25)12-13-28(32)34-18-27(31)30(2)17-20-6-9-23-15-24(33-3)11-10-22(23)14-20/h4-11,14-16H,12-13,17-18H2,1-3H3. The lowest BCUT2D eigenvalue weighted by Crippen LogP contribution is -2.30. The highest BCUT2D eigenvalue weighted by Crippen LogP contribution is 2.23. The Kier molecular flexibility index (Phi) is 7.45. The van der Waals surface area contributed by atoms with Gasteiger partial charge in [-0.15, -0.1) is 0 Å². The third kappa shape index (κ3) is 6.26. The molecule has 4 rings (SSSR count). The fourth-order valence-electron chi connectivity index (χ4n) is 3.67. The van der Waals surface area contributed by atoms with Crippen LogP contribution in [0.1, 0.15) is 23.4 Å². The molecule has 0 spiro atoms. The molecule has 35 heavy (non-hydrogen) atoms. The number of oxazole rings is 1. The van der Waals surface area contributed by atoms with Crippen LogP contribution in [0.4, 0.5) is 0 Å². The molecule has 3 aromatic carbocycles. The van der Waals surface area contributed by atoms with Gasteiger partial charge in [-0.05, 0) is 41.5 Å². The minimum absolute atomic E-state index is 0.0823. The van der Waals surface area contributed by atoms with Crippen molar-refractivity contribution in [2.45, 2.75) is 26.3 Å². The van der Waals surface area contributed by atoms with Gasteiger partial charge in [0, 0.05) is 25.6 Å². The molecule has 0 aliphatic heterocycles. The van der Waals surface area contributed by atoms with E-state index in [1.807, 2.05) is 67.6 Å². The summed E-state index contributed by atoms with van der Waals surface area (Å²) in [5.74, 6) is 1.16. The Morgan fingerprint density at radius 1 is 1.00 bits per heavy atom. The average molecular weight is 473 g/mol. The zero-order chi connectivity index (χ0) is 24.8. The average Bonchev–Trinajstić information content (AvgIpc) is 3.35. The number of amides is 1. The minimum atomic E-state index is -0.471. The molecule has 0 atom stereocenters. The number of carbonyl (C=O) groups is 2. The molecule has 0 saturated carbocycles. The third-order valence-corrected chi connectivity index (χ3v) is 5.75. The van der Waals surface area contributed by atoms with Crippen LogP contribution in [0.25, 0.3) is 22.1 Å². The second kappa shape index (κ2) is 10.9. The van der Waals surface area contributed by atoms with Crippen molar-refractivity contribution in [2.75, 3.05) is 20.8 Å². The van der Waals surface area contributed by atoms with Gasteiger partial charge in [0.2, 0.25) is 0 Å². The number of benzene rings is 3. The van der Waals surface area contributed by atoms with Gasteiger partial charge in [-0.2, -0.15) is 0 Å². The predicted octanol–water partition coefficient (Wildman–Crippen LogP) is 4.95. The zero-order valence-electron chi connectivity index (χ0n) is 20.1. The van der Waals surface area contributed by atoms with Crippen molar-refractivity contribution < 1.29 is 23.5 Å². The van der Waals surface area contributed by atoms with E-state index in [0.29, 0.717) is 24.6 Å². The molecule has 0 radical (unpaired) electrons. The highest BCUT2D eigenvalue weighted by Gasteiger charge is 2.14. The topological polar surface area (TPSA) is 81.9 Å². The molecule has 180 valence electrons. The van der Waals surface area contributed by atoms with Crippen LogP contribution in [0.2, 0.25) is 0 Å². The number of hydrogen-bond acceptors (Lipinski definition) is 6. The lowest BCUT2D eigenvalue weighted by molar-refractivity contribution is -0.151. The Bertz CT molecular complexity index is 1330. The van der Waals surface area contributed by atoms with Gasteiger partial charge in [-0.3, -0.25) is 9.59 Å². The molecule has 0 bridgehead atoms. The van der Waals surface area contributed by atoms with Crippen LogP contribution in [0, 0.1) is 6.92 Å². The number of hydrogen-bond donors (Lipinski definition) is 0. The summed E-state index contributed by atoms with van der Waals surface area (Å²) in [6, 6.07) is 19.8. The summed E-state index contributed by atoms with van der Waals surface area (Å²) in [5, 5.41) is 2.13. The predicted molar refractivity (Wildman–Crippen MR) is 133 cm³/mol. The maximum absolute atomic E-state index is 12.5. The molecule has 1 aromatic heterocycles. The van der Waals surface area contributed by atoms with Crippen molar-refractivity contribution in [1.82, 2.24) is 9.88 Å². The Balaban J connectivity index is 1.23. The van der Waals surface area contributed by atoms with Gasteiger partial charge in [0.15, 0.2) is 18.3 Å². The lowest BCUT2D eigenvalue weighted by Gasteiger charge is -2.17. The van der Waals surface area contributed by atoms with Crippen LogP contribution in [-0.2, 0) is 27.3 Å². The van der Waals surface area contributed by atoms with Gasteiger partial charge in [0.25, 0.3) is 5.91 Å². The van der Waals surface area contributed by atoms with Crippen LogP contribution in [-0.4, -0.2) is 42.5 Å². The van der Waals surface area contributed by atoms with Gasteiger partial charge in [-0.1, -0.05) is 48.0 Å². The SMILES string of the molecule is COc1ccc2cc(CN(C)C(=O)COC(=O)CCc3ncc(-c4ccc(C)cc4)o3)ccc2c1. The molecule has 0 unspecified atom stereocenters. The second-order valence-electron chi connectivity index (χ2n) is 8.44. The molecule has 0 fully saturated rings. The number of rotatable bonds is 9. The van der Waals surface area contributed by atoms with Crippen LogP contribution < -0.4 is 4.74 Å². The molecule has 0 aliphatic carbocycles. The molecule has 1 amide bonds. The first kappa shape index (κ1) is 24.0. The Morgan fingerprint density at radius 2 is 1.74 bits per heavy atom.